The Morgan fingerprint density at radius 3 is 2.57 bits per heavy atom. The van der Waals surface area contributed by atoms with Crippen LogP contribution in [0.25, 0.3) is 0 Å². The molecule has 0 aliphatic rings. The SMILES string of the molecule is C=C(/C(=C\C=C/C)OC=O)N(C)C(CCC)C(=O)NC=O. The number of amides is 2. The van der Waals surface area contributed by atoms with Crippen LogP contribution in [-0.2, 0) is 19.1 Å². The highest BCUT2D eigenvalue weighted by Gasteiger charge is 2.24. The second-order valence-electron chi connectivity index (χ2n) is 4.26. The minimum absolute atomic E-state index is 0.241. The second kappa shape index (κ2) is 10.4. The van der Waals surface area contributed by atoms with Crippen LogP contribution in [0.5, 0.6) is 0 Å². The molecule has 0 heterocycles. The van der Waals surface area contributed by atoms with Crippen molar-refractivity contribution in [3.05, 3.63) is 36.3 Å². The van der Waals surface area contributed by atoms with Crippen molar-refractivity contribution < 1.29 is 19.1 Å². The lowest BCUT2D eigenvalue weighted by molar-refractivity contribution is -0.128. The van der Waals surface area contributed by atoms with Gasteiger partial charge in [0, 0.05) is 7.05 Å². The topological polar surface area (TPSA) is 75.7 Å². The third kappa shape index (κ3) is 6.07. The molecule has 0 aromatic carbocycles. The Morgan fingerprint density at radius 2 is 2.10 bits per heavy atom. The van der Waals surface area contributed by atoms with Crippen LogP contribution in [0, 0.1) is 0 Å². The summed E-state index contributed by atoms with van der Waals surface area (Å²) in [6.45, 7) is 7.89. The van der Waals surface area contributed by atoms with E-state index >= 15 is 0 Å². The second-order valence-corrected chi connectivity index (χ2v) is 4.26. The van der Waals surface area contributed by atoms with Gasteiger partial charge in [0.2, 0.25) is 12.3 Å². The summed E-state index contributed by atoms with van der Waals surface area (Å²) in [5.41, 5.74) is 0.375. The Morgan fingerprint density at radius 1 is 1.43 bits per heavy atom. The van der Waals surface area contributed by atoms with Crippen LogP contribution in [0.1, 0.15) is 26.7 Å². The Balaban J connectivity index is 5.24. The zero-order chi connectivity index (χ0) is 16.3. The highest BCUT2D eigenvalue weighted by molar-refractivity contribution is 5.90. The van der Waals surface area contributed by atoms with Gasteiger partial charge in [0.1, 0.15) is 6.04 Å². The number of hydrogen-bond donors (Lipinski definition) is 1. The minimum Gasteiger partial charge on any atom is -0.427 e. The van der Waals surface area contributed by atoms with E-state index in [9.17, 15) is 14.4 Å². The molecule has 21 heavy (non-hydrogen) atoms. The lowest BCUT2D eigenvalue weighted by Crippen LogP contribution is -2.44. The van der Waals surface area contributed by atoms with Gasteiger partial charge in [0.05, 0.1) is 5.70 Å². The summed E-state index contributed by atoms with van der Waals surface area (Å²) in [6, 6.07) is -0.572. The van der Waals surface area contributed by atoms with Crippen molar-refractivity contribution in [2.75, 3.05) is 7.05 Å². The van der Waals surface area contributed by atoms with Crippen molar-refractivity contribution in [3.8, 4) is 0 Å². The van der Waals surface area contributed by atoms with E-state index in [4.69, 9.17) is 4.74 Å². The van der Waals surface area contributed by atoms with Crippen LogP contribution >= 0.6 is 0 Å². The first-order valence-electron chi connectivity index (χ1n) is 6.62. The van der Waals surface area contributed by atoms with Crippen molar-refractivity contribution in [2.45, 2.75) is 32.7 Å². The van der Waals surface area contributed by atoms with Crippen LogP contribution in [0.2, 0.25) is 0 Å². The van der Waals surface area contributed by atoms with E-state index in [1.807, 2.05) is 13.8 Å². The number of ether oxygens (including phenoxy) is 1. The molecule has 0 aliphatic carbocycles. The number of hydrogen-bond acceptors (Lipinski definition) is 5. The number of carbonyl (C=O) groups is 3. The maximum absolute atomic E-state index is 11.9. The van der Waals surface area contributed by atoms with E-state index in [0.29, 0.717) is 25.0 Å². The molecule has 0 radical (unpaired) electrons. The van der Waals surface area contributed by atoms with Crippen LogP contribution < -0.4 is 5.32 Å². The summed E-state index contributed by atoms with van der Waals surface area (Å²) in [5.74, 6) is -0.183. The van der Waals surface area contributed by atoms with E-state index < -0.39 is 11.9 Å². The van der Waals surface area contributed by atoms with Crippen LogP contribution in [-0.4, -0.2) is 36.8 Å². The van der Waals surface area contributed by atoms with Gasteiger partial charge in [-0.1, -0.05) is 32.1 Å². The zero-order valence-corrected chi connectivity index (χ0v) is 12.7. The Kier molecular flexibility index (Phi) is 9.25. The lowest BCUT2D eigenvalue weighted by Gasteiger charge is -2.30. The molecule has 6 nitrogen and oxygen atoms in total. The maximum atomic E-state index is 11.9. The molecular formula is C15H22N2O4. The van der Waals surface area contributed by atoms with Crippen molar-refractivity contribution in [3.63, 3.8) is 0 Å². The summed E-state index contributed by atoms with van der Waals surface area (Å²) < 4.78 is 4.88. The third-order valence-electron chi connectivity index (χ3n) is 2.86. The number of nitrogens with zero attached hydrogens (tertiary/aromatic N) is 1. The van der Waals surface area contributed by atoms with Crippen LogP contribution in [0.3, 0.4) is 0 Å². The molecule has 1 N–H and O–H groups in total. The summed E-state index contributed by atoms with van der Waals surface area (Å²) in [4.78, 5) is 34.5. The number of likely N-dealkylation sites (N-methyl/N-ethyl adjacent to an activating group) is 1. The normalized spacial score (nSPS) is 12.6. The molecule has 0 aliphatic heterocycles. The molecule has 116 valence electrons. The molecule has 0 saturated heterocycles. The van der Waals surface area contributed by atoms with Gasteiger partial charge in [-0.25, -0.2) is 0 Å². The molecule has 1 atom stereocenters. The predicted octanol–water partition coefficient (Wildman–Crippen LogP) is 1.51. The van der Waals surface area contributed by atoms with E-state index in [1.165, 1.54) is 0 Å². The summed E-state index contributed by atoms with van der Waals surface area (Å²) in [5, 5.41) is 2.13. The summed E-state index contributed by atoms with van der Waals surface area (Å²) >= 11 is 0. The monoisotopic (exact) mass is 294 g/mol. The first-order chi connectivity index (χ1) is 10.0. The lowest BCUT2D eigenvalue weighted by atomic mass is 10.1. The quantitative estimate of drug-likeness (QED) is 0.375. The average molecular weight is 294 g/mol. The number of carbonyl (C=O) groups excluding carboxylic acids is 3. The summed E-state index contributed by atoms with van der Waals surface area (Å²) in [6.07, 6.45) is 6.67. The smallest absolute Gasteiger partial charge is 0.298 e. The Hall–Kier alpha value is -2.37. The molecular weight excluding hydrogens is 272 g/mol. The number of nitrogens with one attached hydrogen (secondary N) is 1. The Bertz CT molecular complexity index is 441. The van der Waals surface area contributed by atoms with Crippen molar-refractivity contribution in [2.24, 2.45) is 0 Å². The highest BCUT2D eigenvalue weighted by Crippen LogP contribution is 2.18. The van der Waals surface area contributed by atoms with Gasteiger partial charge in [-0.05, 0) is 19.4 Å². The van der Waals surface area contributed by atoms with E-state index in [0.717, 1.165) is 6.42 Å². The fraction of sp³-hybridized carbons (Fsp3) is 0.400. The van der Waals surface area contributed by atoms with E-state index in [-0.39, 0.29) is 5.76 Å². The molecule has 2 amide bonds. The zero-order valence-electron chi connectivity index (χ0n) is 12.7. The van der Waals surface area contributed by atoms with Crippen molar-refractivity contribution in [1.82, 2.24) is 10.2 Å². The van der Waals surface area contributed by atoms with Gasteiger partial charge in [-0.15, -0.1) is 0 Å². The highest BCUT2D eigenvalue weighted by atomic mass is 16.5. The molecule has 1 unspecified atom stereocenters. The third-order valence-corrected chi connectivity index (χ3v) is 2.86. The van der Waals surface area contributed by atoms with E-state index in [1.54, 1.807) is 30.2 Å². The maximum Gasteiger partial charge on any atom is 0.298 e. The molecule has 6 heteroatoms. The number of imide groups is 1. The van der Waals surface area contributed by atoms with Gasteiger partial charge in [-0.3, -0.25) is 19.7 Å². The average Bonchev–Trinajstić information content (AvgIpc) is 2.47. The van der Waals surface area contributed by atoms with Gasteiger partial charge in [-0.2, -0.15) is 0 Å². The van der Waals surface area contributed by atoms with Gasteiger partial charge in [0.15, 0.2) is 5.76 Å². The molecule has 0 bridgehead atoms. The molecule has 0 aromatic rings. The largest absolute Gasteiger partial charge is 0.427 e. The molecule has 0 aromatic heterocycles. The van der Waals surface area contributed by atoms with Crippen molar-refractivity contribution >= 4 is 18.8 Å². The fourth-order valence-corrected chi connectivity index (χ4v) is 1.73. The first-order valence-corrected chi connectivity index (χ1v) is 6.62. The van der Waals surface area contributed by atoms with Gasteiger partial charge < -0.3 is 9.64 Å². The standard InChI is InChI=1S/C15H22N2O4/c1-5-7-9-14(21-11-19)12(3)17(4)13(8-6-2)15(20)16-10-18/h5,7,9-11,13H,3,6,8H2,1-2,4H3,(H,16,18,20)/b7-5-,14-9+. The number of allylic oxidation sites excluding steroid dienone is 3. The molecule has 0 fully saturated rings. The Labute approximate surface area is 125 Å². The molecule has 0 rings (SSSR count). The van der Waals surface area contributed by atoms with Gasteiger partial charge in [0.25, 0.3) is 6.47 Å². The predicted molar refractivity (Wildman–Crippen MR) is 79.9 cm³/mol. The van der Waals surface area contributed by atoms with Crippen LogP contribution in [0.15, 0.2) is 36.3 Å². The fourth-order valence-electron chi connectivity index (χ4n) is 1.73. The van der Waals surface area contributed by atoms with E-state index in [2.05, 4.69) is 11.9 Å². The molecule has 0 saturated carbocycles. The van der Waals surface area contributed by atoms with Crippen LogP contribution in [0.4, 0.5) is 0 Å². The summed E-state index contributed by atoms with van der Waals surface area (Å²) in [7, 11) is 1.66. The molecule has 0 spiro atoms. The number of rotatable bonds is 10. The minimum atomic E-state index is -0.572. The van der Waals surface area contributed by atoms with Crippen molar-refractivity contribution in [1.29, 1.82) is 0 Å². The van der Waals surface area contributed by atoms with Gasteiger partial charge >= 0.3 is 0 Å². The first kappa shape index (κ1) is 18.6.